The molecule has 136 valence electrons. The van der Waals surface area contributed by atoms with E-state index in [9.17, 15) is 0 Å². The van der Waals surface area contributed by atoms with Crippen molar-refractivity contribution < 1.29 is 0 Å². The Labute approximate surface area is 159 Å². The van der Waals surface area contributed by atoms with Gasteiger partial charge in [-0.05, 0) is 37.1 Å². The minimum absolute atomic E-state index is 0.100. The molecular weight excluding hydrogens is 340 g/mol. The number of aliphatic imine (C=N–C) groups is 1. The van der Waals surface area contributed by atoms with Crippen LogP contribution in [0.1, 0.15) is 68.5 Å². The molecule has 4 nitrogen and oxygen atoms in total. The molecule has 0 unspecified atom stereocenters. The van der Waals surface area contributed by atoms with Crippen molar-refractivity contribution in [2.24, 2.45) is 4.99 Å². The summed E-state index contributed by atoms with van der Waals surface area (Å²) in [6.07, 6.45) is 10.9. The van der Waals surface area contributed by atoms with Gasteiger partial charge in [0.2, 0.25) is 0 Å². The summed E-state index contributed by atoms with van der Waals surface area (Å²) in [4.78, 5) is 12.3. The van der Waals surface area contributed by atoms with Crippen molar-refractivity contribution in [3.05, 3.63) is 54.1 Å². The molecule has 0 spiro atoms. The summed E-state index contributed by atoms with van der Waals surface area (Å²) in [5.41, 5.74) is 2.50. The molecule has 3 aliphatic rings. The molecule has 0 bridgehead atoms. The van der Waals surface area contributed by atoms with Crippen LogP contribution in [-0.2, 0) is 0 Å². The number of amidine groups is 1. The molecule has 5 heteroatoms. The molecule has 4 heterocycles. The molecule has 2 aromatic heterocycles. The minimum atomic E-state index is 0.100. The Morgan fingerprint density at radius 2 is 1.96 bits per heavy atom. The van der Waals surface area contributed by atoms with Gasteiger partial charge in [0.15, 0.2) is 5.17 Å². The highest BCUT2D eigenvalue weighted by Crippen LogP contribution is 2.48. The summed E-state index contributed by atoms with van der Waals surface area (Å²) in [7, 11) is 0. The van der Waals surface area contributed by atoms with Gasteiger partial charge in [-0.3, -0.25) is 9.98 Å². The van der Waals surface area contributed by atoms with Gasteiger partial charge in [0.05, 0.1) is 11.7 Å². The number of rotatable bonds is 3. The Bertz CT molecular complexity index is 793. The van der Waals surface area contributed by atoms with Crippen LogP contribution in [0.25, 0.3) is 0 Å². The van der Waals surface area contributed by atoms with E-state index in [1.807, 2.05) is 24.0 Å². The number of fused-ring (bicyclic) bond motifs is 1. The molecule has 1 saturated heterocycles. The van der Waals surface area contributed by atoms with Gasteiger partial charge in [0.25, 0.3) is 0 Å². The first-order valence-electron chi connectivity index (χ1n) is 9.90. The normalized spacial score (nSPS) is 29.0. The third-order valence-corrected chi connectivity index (χ3v) is 7.07. The van der Waals surface area contributed by atoms with E-state index < -0.39 is 0 Å². The Balaban J connectivity index is 1.55. The lowest BCUT2D eigenvalue weighted by atomic mass is 9.94. The Morgan fingerprint density at radius 1 is 1.08 bits per heavy atom. The van der Waals surface area contributed by atoms with Crippen LogP contribution < -0.4 is 0 Å². The molecule has 26 heavy (non-hydrogen) atoms. The summed E-state index contributed by atoms with van der Waals surface area (Å²) in [5, 5.41) is 1.81. The number of pyridine rings is 1. The van der Waals surface area contributed by atoms with Crippen molar-refractivity contribution in [3.63, 3.8) is 0 Å². The quantitative estimate of drug-likeness (QED) is 0.768. The van der Waals surface area contributed by atoms with E-state index in [0.29, 0.717) is 11.3 Å². The van der Waals surface area contributed by atoms with Gasteiger partial charge < -0.3 is 9.47 Å². The van der Waals surface area contributed by atoms with Crippen molar-refractivity contribution in [1.29, 1.82) is 0 Å². The molecule has 2 aliphatic heterocycles. The standard InChI is InChI=1S/C21H26N4S/c1-15-14-25-20(18-11-7-13-24(18)16-8-3-2-4-9-16)19(23-21(25)26-15)17-10-5-6-12-22-17/h5-7,10-13,15-16,19-20H,2-4,8-9,14H2,1H3/t15-,19+,20+/m1/s1. The molecule has 2 aromatic rings. The van der Waals surface area contributed by atoms with Gasteiger partial charge in [-0.2, -0.15) is 0 Å². The van der Waals surface area contributed by atoms with E-state index in [-0.39, 0.29) is 12.1 Å². The monoisotopic (exact) mass is 366 g/mol. The molecule has 1 saturated carbocycles. The molecule has 0 radical (unpaired) electrons. The van der Waals surface area contributed by atoms with Crippen LogP contribution in [0, 0.1) is 0 Å². The number of aromatic nitrogens is 2. The van der Waals surface area contributed by atoms with E-state index in [0.717, 1.165) is 12.2 Å². The Morgan fingerprint density at radius 3 is 2.77 bits per heavy atom. The van der Waals surface area contributed by atoms with Crippen LogP contribution in [0.4, 0.5) is 0 Å². The lowest BCUT2D eigenvalue weighted by molar-refractivity contribution is 0.282. The SMILES string of the molecule is C[C@@H]1CN2C(=N[C@@H](c3ccccn3)[C@@H]2c2cccn2C2CCCCC2)S1. The van der Waals surface area contributed by atoms with E-state index in [1.54, 1.807) is 0 Å². The predicted molar refractivity (Wildman–Crippen MR) is 107 cm³/mol. The third-order valence-electron chi connectivity index (χ3n) is 5.96. The summed E-state index contributed by atoms with van der Waals surface area (Å²) in [5.74, 6) is 0. The van der Waals surface area contributed by atoms with Crippen molar-refractivity contribution in [2.75, 3.05) is 6.54 Å². The van der Waals surface area contributed by atoms with Crippen molar-refractivity contribution in [2.45, 2.75) is 62.4 Å². The Hall–Kier alpha value is -1.75. The van der Waals surface area contributed by atoms with Crippen molar-refractivity contribution in [3.8, 4) is 0 Å². The van der Waals surface area contributed by atoms with Gasteiger partial charge in [-0.1, -0.05) is 44.0 Å². The molecular formula is C21H26N4S. The minimum Gasteiger partial charge on any atom is -0.346 e. The van der Waals surface area contributed by atoms with E-state index in [1.165, 1.54) is 43.0 Å². The smallest absolute Gasteiger partial charge is 0.160 e. The molecule has 2 fully saturated rings. The van der Waals surface area contributed by atoms with Crippen LogP contribution in [0.2, 0.25) is 0 Å². The maximum absolute atomic E-state index is 5.12. The fraction of sp³-hybridized carbons (Fsp3) is 0.524. The zero-order valence-corrected chi connectivity index (χ0v) is 16.1. The lowest BCUT2D eigenvalue weighted by Crippen LogP contribution is -2.31. The summed E-state index contributed by atoms with van der Waals surface area (Å²) in [6, 6.07) is 11.8. The number of hydrogen-bond acceptors (Lipinski definition) is 4. The van der Waals surface area contributed by atoms with Crippen molar-refractivity contribution in [1.82, 2.24) is 14.5 Å². The highest BCUT2D eigenvalue weighted by molar-refractivity contribution is 8.14. The Kier molecular flexibility index (Phi) is 4.27. The van der Waals surface area contributed by atoms with E-state index >= 15 is 0 Å². The third kappa shape index (κ3) is 2.77. The molecule has 0 aromatic carbocycles. The highest BCUT2D eigenvalue weighted by Gasteiger charge is 2.44. The average molecular weight is 367 g/mol. The van der Waals surface area contributed by atoms with Gasteiger partial charge in [0.1, 0.15) is 6.04 Å². The first-order valence-corrected chi connectivity index (χ1v) is 10.8. The van der Waals surface area contributed by atoms with Gasteiger partial charge >= 0.3 is 0 Å². The predicted octanol–water partition coefficient (Wildman–Crippen LogP) is 4.98. The second-order valence-electron chi connectivity index (χ2n) is 7.77. The van der Waals surface area contributed by atoms with Crippen LogP contribution in [0.3, 0.4) is 0 Å². The van der Waals surface area contributed by atoms with Crippen LogP contribution in [-0.4, -0.2) is 31.4 Å². The van der Waals surface area contributed by atoms with Gasteiger partial charge in [-0.25, -0.2) is 0 Å². The molecule has 1 aliphatic carbocycles. The fourth-order valence-electron chi connectivity index (χ4n) is 4.79. The number of hydrogen-bond donors (Lipinski definition) is 0. The first kappa shape index (κ1) is 16.4. The first-order chi connectivity index (χ1) is 12.8. The largest absolute Gasteiger partial charge is 0.346 e. The van der Waals surface area contributed by atoms with E-state index in [2.05, 4.69) is 51.8 Å². The number of nitrogens with zero attached hydrogens (tertiary/aromatic N) is 4. The highest BCUT2D eigenvalue weighted by atomic mass is 32.2. The fourth-order valence-corrected chi connectivity index (χ4v) is 5.88. The maximum Gasteiger partial charge on any atom is 0.160 e. The zero-order valence-electron chi connectivity index (χ0n) is 15.3. The molecule has 0 amide bonds. The van der Waals surface area contributed by atoms with Crippen molar-refractivity contribution >= 4 is 16.9 Å². The molecule has 3 atom stereocenters. The van der Waals surface area contributed by atoms with Crippen LogP contribution in [0.15, 0.2) is 47.7 Å². The lowest BCUT2D eigenvalue weighted by Gasteiger charge is -2.32. The summed E-state index contributed by atoms with van der Waals surface area (Å²) < 4.78 is 2.56. The maximum atomic E-state index is 5.12. The zero-order chi connectivity index (χ0) is 17.5. The second kappa shape index (κ2) is 6.76. The van der Waals surface area contributed by atoms with Crippen LogP contribution in [0.5, 0.6) is 0 Å². The summed E-state index contributed by atoms with van der Waals surface area (Å²) in [6.45, 7) is 3.38. The summed E-state index contributed by atoms with van der Waals surface area (Å²) >= 11 is 1.92. The molecule has 0 N–H and O–H groups in total. The van der Waals surface area contributed by atoms with Crippen LogP contribution >= 0.6 is 11.8 Å². The van der Waals surface area contributed by atoms with E-state index in [4.69, 9.17) is 4.99 Å². The number of thioether (sulfide) groups is 1. The van der Waals surface area contributed by atoms with Gasteiger partial charge in [-0.15, -0.1) is 0 Å². The average Bonchev–Trinajstić information content (AvgIpc) is 3.37. The topological polar surface area (TPSA) is 33.4 Å². The molecule has 5 rings (SSSR count). The second-order valence-corrected chi connectivity index (χ2v) is 9.17. The van der Waals surface area contributed by atoms with Gasteiger partial charge in [0, 0.05) is 35.9 Å².